The molecule has 0 aromatic heterocycles. The summed E-state index contributed by atoms with van der Waals surface area (Å²) in [5.41, 5.74) is 5.39. The molecule has 142 valence electrons. The van der Waals surface area contributed by atoms with E-state index in [0.29, 0.717) is 6.42 Å². The van der Waals surface area contributed by atoms with Crippen molar-refractivity contribution in [1.29, 1.82) is 0 Å². The van der Waals surface area contributed by atoms with Crippen LogP contribution in [0.2, 0.25) is 0 Å². The number of nitro groups is 1. The molecule has 0 saturated heterocycles. The predicted octanol–water partition coefficient (Wildman–Crippen LogP) is 0.785. The fourth-order valence-electron chi connectivity index (χ4n) is 1.96. The molecule has 0 saturated carbocycles. The fraction of sp³-hybridized carbons (Fsp3) is 0.500. The Balaban J connectivity index is 0.00000576. The lowest BCUT2D eigenvalue weighted by Crippen LogP contribution is -2.44. The van der Waals surface area contributed by atoms with Gasteiger partial charge in [0.25, 0.3) is 5.69 Å². The van der Waals surface area contributed by atoms with E-state index in [4.69, 9.17) is 5.73 Å². The highest BCUT2D eigenvalue weighted by Crippen LogP contribution is 2.16. The molecule has 0 aliphatic heterocycles. The van der Waals surface area contributed by atoms with Crippen LogP contribution in [0.4, 0.5) is 5.69 Å². The molecule has 0 aliphatic rings. The van der Waals surface area contributed by atoms with Crippen LogP contribution in [0.5, 0.6) is 0 Å². The van der Waals surface area contributed by atoms with Crippen molar-refractivity contribution in [3.05, 3.63) is 34.4 Å². The molecule has 9 nitrogen and oxygen atoms in total. The van der Waals surface area contributed by atoms with Crippen LogP contribution in [-0.4, -0.2) is 38.4 Å². The van der Waals surface area contributed by atoms with Gasteiger partial charge in [-0.15, -0.1) is 12.4 Å². The number of nitrogens with two attached hydrogens (primary N) is 1. The van der Waals surface area contributed by atoms with Crippen molar-refractivity contribution < 1.29 is 18.1 Å². The van der Waals surface area contributed by atoms with Crippen molar-refractivity contribution in [2.75, 3.05) is 13.1 Å². The van der Waals surface area contributed by atoms with E-state index in [2.05, 4.69) is 10.0 Å². The van der Waals surface area contributed by atoms with Gasteiger partial charge < -0.3 is 11.1 Å². The molecule has 0 radical (unpaired) electrons. The van der Waals surface area contributed by atoms with Crippen molar-refractivity contribution in [2.45, 2.75) is 31.2 Å². The molecule has 4 N–H and O–H groups in total. The maximum atomic E-state index is 12.1. The van der Waals surface area contributed by atoms with Crippen LogP contribution in [-0.2, 0) is 14.8 Å². The zero-order chi connectivity index (χ0) is 18.3. The maximum Gasteiger partial charge on any atom is 0.270 e. The predicted molar refractivity (Wildman–Crippen MR) is 96.0 cm³/mol. The van der Waals surface area contributed by atoms with E-state index in [-0.39, 0.29) is 47.9 Å². The summed E-state index contributed by atoms with van der Waals surface area (Å²) in [6.45, 7) is 3.91. The standard InChI is InChI=1S/C14H22N4O5S.ClH/c1-10(2)8-13(15)14(19)16-6-7-17-24(22,23)12-5-3-4-11(9-12)18(20)21;/h3-5,9-10,13,17H,6-8,15H2,1-2H3,(H,16,19);1H/t13-;/m0./s1. The molecule has 25 heavy (non-hydrogen) atoms. The average molecular weight is 395 g/mol. The lowest BCUT2D eigenvalue weighted by molar-refractivity contribution is -0.385. The topological polar surface area (TPSA) is 144 Å². The Kier molecular flexibility index (Phi) is 9.57. The Morgan fingerprint density at radius 1 is 1.32 bits per heavy atom. The summed E-state index contributed by atoms with van der Waals surface area (Å²) in [5.74, 6) is -0.0728. The van der Waals surface area contributed by atoms with Gasteiger partial charge in [0.05, 0.1) is 15.9 Å². The molecule has 0 fully saturated rings. The minimum atomic E-state index is -3.89. The molecule has 1 aromatic carbocycles. The zero-order valence-corrected chi connectivity index (χ0v) is 15.6. The molecular formula is C14H23ClN4O5S. The van der Waals surface area contributed by atoms with E-state index in [1.54, 1.807) is 0 Å². The third-order valence-corrected chi connectivity index (χ3v) is 4.58. The number of nitrogens with one attached hydrogen (secondary N) is 2. The van der Waals surface area contributed by atoms with Crippen LogP contribution in [0.15, 0.2) is 29.2 Å². The first-order valence-electron chi connectivity index (χ1n) is 7.41. The van der Waals surface area contributed by atoms with E-state index < -0.39 is 21.0 Å². The van der Waals surface area contributed by atoms with Gasteiger partial charge in [-0.1, -0.05) is 19.9 Å². The van der Waals surface area contributed by atoms with E-state index >= 15 is 0 Å². The zero-order valence-electron chi connectivity index (χ0n) is 14.0. The number of carbonyl (C=O) groups excluding carboxylic acids is 1. The van der Waals surface area contributed by atoms with Crippen molar-refractivity contribution in [3.8, 4) is 0 Å². The Labute approximate surface area is 153 Å². The van der Waals surface area contributed by atoms with Gasteiger partial charge >= 0.3 is 0 Å². The number of nitrogens with zero attached hydrogens (tertiary/aromatic N) is 1. The third-order valence-electron chi connectivity index (χ3n) is 3.12. The Morgan fingerprint density at radius 2 is 1.96 bits per heavy atom. The summed E-state index contributed by atoms with van der Waals surface area (Å²) in [6, 6.07) is 4.08. The van der Waals surface area contributed by atoms with E-state index in [0.717, 1.165) is 6.07 Å². The van der Waals surface area contributed by atoms with Gasteiger partial charge in [-0.3, -0.25) is 14.9 Å². The molecular weight excluding hydrogens is 372 g/mol. The summed E-state index contributed by atoms with van der Waals surface area (Å²) in [7, 11) is -3.89. The third kappa shape index (κ3) is 7.78. The van der Waals surface area contributed by atoms with Gasteiger partial charge in [-0.25, -0.2) is 13.1 Å². The summed E-state index contributed by atoms with van der Waals surface area (Å²) >= 11 is 0. The second-order valence-electron chi connectivity index (χ2n) is 5.68. The minimum absolute atomic E-state index is 0. The quantitative estimate of drug-likeness (QED) is 0.320. The van der Waals surface area contributed by atoms with Gasteiger partial charge in [0, 0.05) is 25.2 Å². The van der Waals surface area contributed by atoms with Crippen LogP contribution in [0.3, 0.4) is 0 Å². The Hall–Kier alpha value is -1.75. The number of hydrogen-bond donors (Lipinski definition) is 3. The second-order valence-corrected chi connectivity index (χ2v) is 7.45. The Bertz CT molecular complexity index is 696. The highest BCUT2D eigenvalue weighted by molar-refractivity contribution is 7.89. The number of halogens is 1. The number of carbonyl (C=O) groups is 1. The fourth-order valence-corrected chi connectivity index (χ4v) is 3.04. The number of benzene rings is 1. The van der Waals surface area contributed by atoms with E-state index in [1.807, 2.05) is 13.8 Å². The lowest BCUT2D eigenvalue weighted by Gasteiger charge is -2.14. The number of rotatable bonds is 9. The first-order chi connectivity index (χ1) is 11.1. The largest absolute Gasteiger partial charge is 0.353 e. The molecule has 0 unspecified atom stereocenters. The maximum absolute atomic E-state index is 12.1. The van der Waals surface area contributed by atoms with Crippen LogP contribution in [0.1, 0.15) is 20.3 Å². The summed E-state index contributed by atoms with van der Waals surface area (Å²) in [4.78, 5) is 21.5. The highest BCUT2D eigenvalue weighted by atomic mass is 35.5. The molecule has 1 atom stereocenters. The monoisotopic (exact) mass is 394 g/mol. The van der Waals surface area contributed by atoms with Gasteiger partial charge in [-0.2, -0.15) is 0 Å². The first-order valence-corrected chi connectivity index (χ1v) is 8.89. The minimum Gasteiger partial charge on any atom is -0.353 e. The lowest BCUT2D eigenvalue weighted by atomic mass is 10.0. The molecule has 1 aromatic rings. The van der Waals surface area contributed by atoms with Crippen molar-refractivity contribution >= 4 is 34.0 Å². The number of non-ortho nitro benzene ring substituents is 1. The van der Waals surface area contributed by atoms with Crippen LogP contribution < -0.4 is 15.8 Å². The number of amides is 1. The van der Waals surface area contributed by atoms with Crippen molar-refractivity contribution in [2.24, 2.45) is 11.7 Å². The van der Waals surface area contributed by atoms with Gasteiger partial charge in [0.1, 0.15) is 0 Å². The summed E-state index contributed by atoms with van der Waals surface area (Å²) in [5, 5.41) is 13.2. The van der Waals surface area contributed by atoms with Crippen LogP contribution in [0.25, 0.3) is 0 Å². The number of nitro benzene ring substituents is 1. The summed E-state index contributed by atoms with van der Waals surface area (Å²) in [6.07, 6.45) is 0.533. The molecule has 0 spiro atoms. The smallest absolute Gasteiger partial charge is 0.270 e. The normalized spacial score (nSPS) is 12.3. The van der Waals surface area contributed by atoms with Crippen molar-refractivity contribution in [1.82, 2.24) is 10.0 Å². The molecule has 1 amide bonds. The second kappa shape index (κ2) is 10.3. The molecule has 0 bridgehead atoms. The number of sulfonamides is 1. The first kappa shape index (κ1) is 23.2. The molecule has 1 rings (SSSR count). The van der Waals surface area contributed by atoms with Crippen molar-refractivity contribution in [3.63, 3.8) is 0 Å². The van der Waals surface area contributed by atoms with Crippen LogP contribution in [0, 0.1) is 16.0 Å². The molecule has 0 aliphatic carbocycles. The average Bonchev–Trinajstić information content (AvgIpc) is 2.50. The van der Waals surface area contributed by atoms with E-state index in [9.17, 15) is 23.3 Å². The van der Waals surface area contributed by atoms with Gasteiger partial charge in [0.15, 0.2) is 0 Å². The number of hydrogen-bond acceptors (Lipinski definition) is 6. The highest BCUT2D eigenvalue weighted by Gasteiger charge is 2.18. The Morgan fingerprint density at radius 3 is 2.52 bits per heavy atom. The van der Waals surface area contributed by atoms with E-state index in [1.165, 1.54) is 18.2 Å². The van der Waals surface area contributed by atoms with Crippen LogP contribution >= 0.6 is 12.4 Å². The molecule has 11 heteroatoms. The molecule has 0 heterocycles. The summed E-state index contributed by atoms with van der Waals surface area (Å²) < 4.78 is 26.4. The van der Waals surface area contributed by atoms with Gasteiger partial charge in [-0.05, 0) is 18.4 Å². The van der Waals surface area contributed by atoms with Gasteiger partial charge in [0.2, 0.25) is 15.9 Å². The SMILES string of the molecule is CC(C)C[C@H](N)C(=O)NCCNS(=O)(=O)c1cccc([N+](=O)[O-])c1.Cl.